The molecule has 0 aliphatic carbocycles. The first-order valence-corrected chi connectivity index (χ1v) is 7.06. The van der Waals surface area contributed by atoms with Gasteiger partial charge in [0, 0.05) is 13.1 Å². The molecule has 0 saturated carbocycles. The molecule has 1 aliphatic heterocycles. The molecular formula is C11H15BrN2OS. The van der Waals surface area contributed by atoms with E-state index < -0.39 is 0 Å². The van der Waals surface area contributed by atoms with Gasteiger partial charge < -0.3 is 10.6 Å². The second kappa shape index (κ2) is 5.29. The van der Waals surface area contributed by atoms with E-state index >= 15 is 0 Å². The average molecular weight is 303 g/mol. The summed E-state index contributed by atoms with van der Waals surface area (Å²) in [6, 6.07) is 3.80. The Bertz CT molecular complexity index is 380. The number of carbonyl (C=O) groups is 1. The molecule has 1 aliphatic rings. The Morgan fingerprint density at radius 3 is 3.06 bits per heavy atom. The number of likely N-dealkylation sites (tertiary alicyclic amines) is 1. The predicted octanol–water partition coefficient (Wildman–Crippen LogP) is 2.32. The van der Waals surface area contributed by atoms with Gasteiger partial charge in [-0.25, -0.2) is 0 Å². The molecule has 1 saturated heterocycles. The molecule has 0 bridgehead atoms. The van der Waals surface area contributed by atoms with E-state index in [4.69, 9.17) is 5.73 Å². The fourth-order valence-corrected chi connectivity index (χ4v) is 3.38. The van der Waals surface area contributed by atoms with Gasteiger partial charge in [-0.1, -0.05) is 0 Å². The molecule has 1 aromatic heterocycles. The second-order valence-electron chi connectivity index (χ2n) is 4.10. The summed E-state index contributed by atoms with van der Waals surface area (Å²) in [7, 11) is 0. The highest BCUT2D eigenvalue weighted by Gasteiger charge is 2.24. The van der Waals surface area contributed by atoms with Crippen molar-refractivity contribution in [2.24, 2.45) is 11.7 Å². The summed E-state index contributed by atoms with van der Waals surface area (Å²) in [5.41, 5.74) is 5.67. The van der Waals surface area contributed by atoms with Gasteiger partial charge in [-0.15, -0.1) is 11.3 Å². The molecule has 5 heteroatoms. The van der Waals surface area contributed by atoms with Crippen LogP contribution < -0.4 is 5.73 Å². The highest BCUT2D eigenvalue weighted by Crippen LogP contribution is 2.25. The van der Waals surface area contributed by atoms with Crippen LogP contribution in [0.15, 0.2) is 15.9 Å². The minimum Gasteiger partial charge on any atom is -0.338 e. The SMILES string of the molecule is NCC1CCCN(C(=O)c2ccc(Br)s2)C1. The van der Waals surface area contributed by atoms with Crippen molar-refractivity contribution in [3.8, 4) is 0 Å². The van der Waals surface area contributed by atoms with Crippen molar-refractivity contribution in [2.45, 2.75) is 12.8 Å². The van der Waals surface area contributed by atoms with Gasteiger partial charge in [0.15, 0.2) is 0 Å². The van der Waals surface area contributed by atoms with Gasteiger partial charge in [0.05, 0.1) is 8.66 Å². The van der Waals surface area contributed by atoms with Gasteiger partial charge in [0.2, 0.25) is 0 Å². The third-order valence-electron chi connectivity index (χ3n) is 2.92. The van der Waals surface area contributed by atoms with Crippen molar-refractivity contribution in [1.82, 2.24) is 4.90 Å². The quantitative estimate of drug-likeness (QED) is 0.911. The van der Waals surface area contributed by atoms with Gasteiger partial charge in [-0.3, -0.25) is 4.79 Å². The van der Waals surface area contributed by atoms with Crippen LogP contribution in [0.3, 0.4) is 0 Å². The van der Waals surface area contributed by atoms with Crippen molar-refractivity contribution in [3.05, 3.63) is 20.8 Å². The van der Waals surface area contributed by atoms with Crippen LogP contribution in [0.2, 0.25) is 0 Å². The number of piperidine rings is 1. The first-order valence-electron chi connectivity index (χ1n) is 5.45. The van der Waals surface area contributed by atoms with Crippen molar-refractivity contribution in [1.29, 1.82) is 0 Å². The fraction of sp³-hybridized carbons (Fsp3) is 0.545. The molecule has 2 N–H and O–H groups in total. The smallest absolute Gasteiger partial charge is 0.263 e. The van der Waals surface area contributed by atoms with Gasteiger partial charge in [-0.05, 0) is 53.4 Å². The van der Waals surface area contributed by atoms with Crippen LogP contribution in [0, 0.1) is 5.92 Å². The van der Waals surface area contributed by atoms with E-state index in [0.717, 1.165) is 34.6 Å². The Kier molecular flexibility index (Phi) is 4.00. The van der Waals surface area contributed by atoms with Gasteiger partial charge in [-0.2, -0.15) is 0 Å². The van der Waals surface area contributed by atoms with E-state index in [1.807, 2.05) is 17.0 Å². The molecule has 1 amide bonds. The minimum absolute atomic E-state index is 0.147. The van der Waals surface area contributed by atoms with Crippen LogP contribution in [-0.2, 0) is 0 Å². The largest absolute Gasteiger partial charge is 0.338 e. The molecule has 2 rings (SSSR count). The number of nitrogens with two attached hydrogens (primary N) is 1. The number of amides is 1. The zero-order chi connectivity index (χ0) is 11.5. The lowest BCUT2D eigenvalue weighted by Crippen LogP contribution is -2.41. The predicted molar refractivity (Wildman–Crippen MR) is 69.7 cm³/mol. The number of thiophene rings is 1. The summed E-state index contributed by atoms with van der Waals surface area (Å²) in [6.07, 6.45) is 2.22. The number of nitrogens with zero attached hydrogens (tertiary/aromatic N) is 1. The Morgan fingerprint density at radius 2 is 2.44 bits per heavy atom. The normalized spacial score (nSPS) is 21.1. The third kappa shape index (κ3) is 2.64. The molecule has 0 spiro atoms. The Hall–Kier alpha value is -0.390. The first kappa shape index (κ1) is 12.1. The summed E-state index contributed by atoms with van der Waals surface area (Å²) in [5.74, 6) is 0.620. The number of halogens is 1. The van der Waals surface area contributed by atoms with E-state index in [9.17, 15) is 4.79 Å². The van der Waals surface area contributed by atoms with Crippen molar-refractivity contribution < 1.29 is 4.79 Å². The zero-order valence-electron chi connectivity index (χ0n) is 8.99. The lowest BCUT2D eigenvalue weighted by molar-refractivity contribution is 0.0683. The molecule has 3 nitrogen and oxygen atoms in total. The van der Waals surface area contributed by atoms with Crippen LogP contribution in [0.4, 0.5) is 0 Å². The van der Waals surface area contributed by atoms with Gasteiger partial charge in [0.1, 0.15) is 0 Å². The Labute approximate surface area is 108 Å². The standard InChI is InChI=1S/C11H15BrN2OS/c12-10-4-3-9(16-10)11(15)14-5-1-2-8(6-13)7-14/h3-4,8H,1-2,5-7,13H2. The van der Waals surface area contributed by atoms with Crippen LogP contribution in [-0.4, -0.2) is 30.4 Å². The van der Waals surface area contributed by atoms with E-state index in [2.05, 4.69) is 15.9 Å². The molecule has 1 aromatic rings. The average Bonchev–Trinajstić information content (AvgIpc) is 2.75. The van der Waals surface area contributed by atoms with E-state index in [-0.39, 0.29) is 5.91 Å². The topological polar surface area (TPSA) is 46.3 Å². The van der Waals surface area contributed by atoms with Crippen LogP contribution >= 0.6 is 27.3 Å². The molecular weight excluding hydrogens is 288 g/mol. The van der Waals surface area contributed by atoms with Gasteiger partial charge >= 0.3 is 0 Å². The maximum Gasteiger partial charge on any atom is 0.263 e. The Morgan fingerprint density at radius 1 is 1.62 bits per heavy atom. The van der Waals surface area contributed by atoms with Crippen LogP contribution in [0.25, 0.3) is 0 Å². The lowest BCUT2D eigenvalue weighted by atomic mass is 9.98. The maximum absolute atomic E-state index is 12.1. The van der Waals surface area contributed by atoms with E-state index in [1.165, 1.54) is 11.3 Å². The fourth-order valence-electron chi connectivity index (χ4n) is 2.03. The summed E-state index contributed by atoms with van der Waals surface area (Å²) >= 11 is 4.87. The maximum atomic E-state index is 12.1. The van der Waals surface area contributed by atoms with Crippen LogP contribution in [0.1, 0.15) is 22.5 Å². The summed E-state index contributed by atoms with van der Waals surface area (Å²) in [4.78, 5) is 14.9. The van der Waals surface area contributed by atoms with Crippen molar-refractivity contribution in [3.63, 3.8) is 0 Å². The van der Waals surface area contributed by atoms with Gasteiger partial charge in [0.25, 0.3) is 5.91 Å². The molecule has 0 aromatic carbocycles. The van der Waals surface area contributed by atoms with Crippen molar-refractivity contribution in [2.75, 3.05) is 19.6 Å². The summed E-state index contributed by atoms with van der Waals surface area (Å²) in [5, 5.41) is 0. The Balaban J connectivity index is 2.04. The lowest BCUT2D eigenvalue weighted by Gasteiger charge is -2.31. The molecule has 0 radical (unpaired) electrons. The monoisotopic (exact) mass is 302 g/mol. The number of hydrogen-bond donors (Lipinski definition) is 1. The van der Waals surface area contributed by atoms with E-state index in [0.29, 0.717) is 12.5 Å². The molecule has 1 fully saturated rings. The highest BCUT2D eigenvalue weighted by molar-refractivity contribution is 9.11. The highest BCUT2D eigenvalue weighted by atomic mass is 79.9. The number of carbonyl (C=O) groups excluding carboxylic acids is 1. The zero-order valence-corrected chi connectivity index (χ0v) is 11.4. The second-order valence-corrected chi connectivity index (χ2v) is 6.56. The van der Waals surface area contributed by atoms with E-state index in [1.54, 1.807) is 0 Å². The van der Waals surface area contributed by atoms with Crippen LogP contribution in [0.5, 0.6) is 0 Å². The molecule has 1 unspecified atom stereocenters. The molecule has 88 valence electrons. The number of hydrogen-bond acceptors (Lipinski definition) is 3. The first-order chi connectivity index (χ1) is 7.70. The minimum atomic E-state index is 0.147. The summed E-state index contributed by atoms with van der Waals surface area (Å²) < 4.78 is 1.00. The molecule has 16 heavy (non-hydrogen) atoms. The molecule has 2 heterocycles. The summed E-state index contributed by atoms with van der Waals surface area (Å²) in [6.45, 7) is 2.35. The van der Waals surface area contributed by atoms with Crippen molar-refractivity contribution >= 4 is 33.2 Å². The number of rotatable bonds is 2. The molecule has 1 atom stereocenters. The third-order valence-corrected chi connectivity index (χ3v) is 4.54.